The Morgan fingerprint density at radius 2 is 1.86 bits per heavy atom. The number of hydrogen-bond donors (Lipinski definition) is 2. The van der Waals surface area contributed by atoms with Gasteiger partial charge in [-0.3, -0.25) is 9.36 Å². The van der Waals surface area contributed by atoms with Crippen LogP contribution in [0.5, 0.6) is 0 Å². The van der Waals surface area contributed by atoms with Crippen LogP contribution in [-0.2, 0) is 17.8 Å². The summed E-state index contributed by atoms with van der Waals surface area (Å²) in [6, 6.07) is 16.1. The highest BCUT2D eigenvalue weighted by Gasteiger charge is 2.18. The first-order valence-corrected chi connectivity index (χ1v) is 9.17. The molecule has 0 radical (unpaired) electrons. The molecule has 0 saturated carbocycles. The molecular weight excluding hydrogens is 356 g/mol. The van der Waals surface area contributed by atoms with E-state index in [4.69, 9.17) is 4.74 Å². The van der Waals surface area contributed by atoms with Gasteiger partial charge in [-0.1, -0.05) is 42.5 Å². The Hall–Kier alpha value is -3.19. The molecule has 0 bridgehead atoms. The summed E-state index contributed by atoms with van der Waals surface area (Å²) in [6.07, 6.45) is 0. The summed E-state index contributed by atoms with van der Waals surface area (Å²) in [4.78, 5) is 29.8. The minimum atomic E-state index is -0.454. The van der Waals surface area contributed by atoms with Crippen LogP contribution in [-0.4, -0.2) is 29.3 Å². The summed E-state index contributed by atoms with van der Waals surface area (Å²) in [6.45, 7) is 2.96. The van der Waals surface area contributed by atoms with Crippen molar-refractivity contribution in [2.45, 2.75) is 26.1 Å². The Balaban J connectivity index is 1.80. The molecule has 0 fully saturated rings. The third-order valence-electron chi connectivity index (χ3n) is 4.44. The molecule has 1 atom stereocenters. The number of rotatable bonds is 7. The summed E-state index contributed by atoms with van der Waals surface area (Å²) in [7, 11) is 1.58. The van der Waals surface area contributed by atoms with Gasteiger partial charge in [0.25, 0.3) is 5.56 Å². The Labute approximate surface area is 163 Å². The number of methoxy groups -OCH3 is 1. The number of benzene rings is 2. The molecule has 2 amide bonds. The topological polar surface area (TPSA) is 85.2 Å². The number of urea groups is 1. The van der Waals surface area contributed by atoms with Gasteiger partial charge in [-0.2, -0.15) is 0 Å². The molecule has 146 valence electrons. The Kier molecular flexibility index (Phi) is 6.39. The van der Waals surface area contributed by atoms with E-state index in [1.54, 1.807) is 23.8 Å². The average Bonchev–Trinajstić information content (AvgIpc) is 2.72. The van der Waals surface area contributed by atoms with Crippen molar-refractivity contribution in [3.8, 4) is 0 Å². The third-order valence-corrected chi connectivity index (χ3v) is 4.44. The lowest BCUT2D eigenvalue weighted by Crippen LogP contribution is -2.39. The van der Waals surface area contributed by atoms with Crippen LogP contribution in [0, 0.1) is 0 Å². The SMILES string of the molecule is COCCn1c(C(C)NC(=O)NCc2ccccc2)nc2ccccc2c1=O. The normalized spacial score (nSPS) is 11.9. The average molecular weight is 380 g/mol. The van der Waals surface area contributed by atoms with Crippen LogP contribution >= 0.6 is 0 Å². The first-order chi connectivity index (χ1) is 13.6. The van der Waals surface area contributed by atoms with Crippen molar-refractivity contribution in [2.75, 3.05) is 13.7 Å². The van der Waals surface area contributed by atoms with Crippen LogP contribution in [0.2, 0.25) is 0 Å². The Morgan fingerprint density at radius 1 is 1.14 bits per heavy atom. The van der Waals surface area contributed by atoms with Gasteiger partial charge in [-0.25, -0.2) is 9.78 Å². The van der Waals surface area contributed by atoms with Crippen LogP contribution in [0.3, 0.4) is 0 Å². The maximum atomic E-state index is 12.9. The van der Waals surface area contributed by atoms with Crippen molar-refractivity contribution >= 4 is 16.9 Å². The van der Waals surface area contributed by atoms with E-state index in [0.29, 0.717) is 36.4 Å². The molecule has 7 heteroatoms. The number of hydrogen-bond acceptors (Lipinski definition) is 4. The molecule has 2 aromatic carbocycles. The molecule has 28 heavy (non-hydrogen) atoms. The van der Waals surface area contributed by atoms with Gasteiger partial charge in [0.05, 0.1) is 30.1 Å². The van der Waals surface area contributed by atoms with Crippen molar-refractivity contribution in [2.24, 2.45) is 0 Å². The summed E-state index contributed by atoms with van der Waals surface area (Å²) in [5.74, 6) is 0.496. The number of nitrogens with zero attached hydrogens (tertiary/aromatic N) is 2. The van der Waals surface area contributed by atoms with Crippen molar-refractivity contribution in [3.63, 3.8) is 0 Å². The largest absolute Gasteiger partial charge is 0.383 e. The highest BCUT2D eigenvalue weighted by Crippen LogP contribution is 2.14. The molecule has 3 rings (SSSR count). The molecule has 0 aliphatic heterocycles. The molecule has 2 N–H and O–H groups in total. The molecule has 1 unspecified atom stereocenters. The number of fused-ring (bicyclic) bond motifs is 1. The second-order valence-corrected chi connectivity index (χ2v) is 6.47. The van der Waals surface area contributed by atoms with Gasteiger partial charge in [-0.05, 0) is 24.6 Å². The molecule has 1 heterocycles. The molecule has 0 aliphatic carbocycles. The molecule has 0 aliphatic rings. The summed E-state index contributed by atoms with van der Waals surface area (Å²) in [5, 5.41) is 6.23. The fourth-order valence-electron chi connectivity index (χ4n) is 3.00. The quantitative estimate of drug-likeness (QED) is 0.660. The zero-order chi connectivity index (χ0) is 19.9. The molecule has 1 aromatic heterocycles. The molecule has 0 saturated heterocycles. The highest BCUT2D eigenvalue weighted by atomic mass is 16.5. The third kappa shape index (κ3) is 4.55. The summed E-state index contributed by atoms with van der Waals surface area (Å²) >= 11 is 0. The van der Waals surface area contributed by atoms with Crippen LogP contribution in [0.1, 0.15) is 24.4 Å². The van der Waals surface area contributed by atoms with E-state index in [1.165, 1.54) is 0 Å². The van der Waals surface area contributed by atoms with Gasteiger partial charge in [0.2, 0.25) is 0 Å². The number of carbonyl (C=O) groups excluding carboxylic acids is 1. The van der Waals surface area contributed by atoms with E-state index in [0.717, 1.165) is 5.56 Å². The van der Waals surface area contributed by atoms with Gasteiger partial charge in [0, 0.05) is 13.7 Å². The first-order valence-electron chi connectivity index (χ1n) is 9.17. The van der Waals surface area contributed by atoms with Crippen LogP contribution in [0.15, 0.2) is 59.4 Å². The van der Waals surface area contributed by atoms with Gasteiger partial charge in [-0.15, -0.1) is 0 Å². The molecule has 3 aromatic rings. The smallest absolute Gasteiger partial charge is 0.315 e. The number of ether oxygens (including phenoxy) is 1. The van der Waals surface area contributed by atoms with Gasteiger partial charge < -0.3 is 15.4 Å². The van der Waals surface area contributed by atoms with Crippen molar-refractivity contribution in [1.29, 1.82) is 0 Å². The van der Waals surface area contributed by atoms with E-state index in [-0.39, 0.29) is 11.6 Å². The van der Waals surface area contributed by atoms with E-state index in [9.17, 15) is 9.59 Å². The van der Waals surface area contributed by atoms with E-state index < -0.39 is 6.04 Å². The number of carbonyl (C=O) groups is 1. The van der Waals surface area contributed by atoms with Crippen LogP contribution in [0.25, 0.3) is 10.9 Å². The minimum absolute atomic E-state index is 0.143. The van der Waals surface area contributed by atoms with Gasteiger partial charge in [0.15, 0.2) is 0 Å². The summed E-state index contributed by atoms with van der Waals surface area (Å²) in [5.41, 5.74) is 1.47. The lowest BCUT2D eigenvalue weighted by atomic mass is 10.2. The molecule has 0 spiro atoms. The summed E-state index contributed by atoms with van der Waals surface area (Å²) < 4.78 is 6.69. The number of nitrogens with one attached hydrogen (secondary N) is 2. The standard InChI is InChI=1S/C21H24N4O3/c1-15(23-21(27)22-14-16-8-4-3-5-9-16)19-24-18-11-7-6-10-17(18)20(26)25(19)12-13-28-2/h3-11,15H,12-14H2,1-2H3,(H2,22,23,27). The zero-order valence-corrected chi connectivity index (χ0v) is 16.0. The van der Waals surface area contributed by atoms with E-state index in [1.807, 2.05) is 49.4 Å². The highest BCUT2D eigenvalue weighted by molar-refractivity contribution is 5.78. The zero-order valence-electron chi connectivity index (χ0n) is 16.0. The second-order valence-electron chi connectivity index (χ2n) is 6.47. The predicted octanol–water partition coefficient (Wildman–Crippen LogP) is 2.60. The number of aromatic nitrogens is 2. The van der Waals surface area contributed by atoms with Crippen molar-refractivity contribution in [3.05, 3.63) is 76.3 Å². The Morgan fingerprint density at radius 3 is 2.61 bits per heavy atom. The number of para-hydroxylation sites is 1. The maximum Gasteiger partial charge on any atom is 0.315 e. The van der Waals surface area contributed by atoms with E-state index >= 15 is 0 Å². The van der Waals surface area contributed by atoms with Crippen LogP contribution < -0.4 is 16.2 Å². The van der Waals surface area contributed by atoms with Crippen molar-refractivity contribution in [1.82, 2.24) is 20.2 Å². The molecular formula is C21H24N4O3. The molecule has 7 nitrogen and oxygen atoms in total. The Bertz CT molecular complexity index is 1000. The van der Waals surface area contributed by atoms with Gasteiger partial charge in [0.1, 0.15) is 5.82 Å². The predicted molar refractivity (Wildman–Crippen MR) is 108 cm³/mol. The lowest BCUT2D eigenvalue weighted by Gasteiger charge is -2.19. The second kappa shape index (κ2) is 9.14. The van der Waals surface area contributed by atoms with E-state index in [2.05, 4.69) is 15.6 Å². The fraction of sp³-hybridized carbons (Fsp3) is 0.286. The fourth-order valence-corrected chi connectivity index (χ4v) is 3.00. The van der Waals surface area contributed by atoms with Crippen LogP contribution in [0.4, 0.5) is 4.79 Å². The number of amides is 2. The minimum Gasteiger partial charge on any atom is -0.383 e. The van der Waals surface area contributed by atoms with Crippen molar-refractivity contribution < 1.29 is 9.53 Å². The monoisotopic (exact) mass is 380 g/mol. The maximum absolute atomic E-state index is 12.9. The van der Waals surface area contributed by atoms with Gasteiger partial charge >= 0.3 is 6.03 Å². The first kappa shape index (κ1) is 19.6. The lowest BCUT2D eigenvalue weighted by molar-refractivity contribution is 0.184.